The number of aliphatic hydroxyl groups is 1. The summed E-state index contributed by atoms with van der Waals surface area (Å²) in [7, 11) is 0. The average Bonchev–Trinajstić information content (AvgIpc) is 3.33. The summed E-state index contributed by atoms with van der Waals surface area (Å²) in [6.07, 6.45) is 7.62. The number of carbonyl (C=O) groups excluding carboxylic acids is 1. The molecule has 0 aliphatic carbocycles. The van der Waals surface area contributed by atoms with E-state index in [0.29, 0.717) is 18.2 Å². The number of nitrogens with zero attached hydrogens (tertiary/aromatic N) is 4. The van der Waals surface area contributed by atoms with E-state index in [9.17, 15) is 9.90 Å². The number of carbonyl (C=O) groups is 1. The molecule has 0 spiro atoms. The fourth-order valence-corrected chi connectivity index (χ4v) is 3.25. The summed E-state index contributed by atoms with van der Waals surface area (Å²) in [5.74, 6) is -0.0560. The fraction of sp³-hybridized carbons (Fsp3) is 0.500. The number of aromatic nitrogens is 3. The van der Waals surface area contributed by atoms with Crippen molar-refractivity contribution in [3.05, 3.63) is 42.2 Å². The molecule has 1 aliphatic heterocycles. The third-order valence-electron chi connectivity index (χ3n) is 4.68. The van der Waals surface area contributed by atoms with Gasteiger partial charge < -0.3 is 10.4 Å². The van der Waals surface area contributed by atoms with Crippen LogP contribution in [0.2, 0.25) is 0 Å². The predicted molar refractivity (Wildman–Crippen MR) is 94.6 cm³/mol. The lowest BCUT2D eigenvalue weighted by molar-refractivity contribution is 0.0952. The first-order valence-electron chi connectivity index (χ1n) is 8.88. The average molecular weight is 343 g/mol. The molecular weight excluding hydrogens is 318 g/mol. The van der Waals surface area contributed by atoms with E-state index in [0.717, 1.165) is 38.0 Å². The van der Waals surface area contributed by atoms with Crippen LogP contribution in [0.3, 0.4) is 0 Å². The van der Waals surface area contributed by atoms with Crippen molar-refractivity contribution in [3.63, 3.8) is 0 Å². The van der Waals surface area contributed by atoms with Gasteiger partial charge in [-0.1, -0.05) is 5.21 Å². The zero-order valence-corrected chi connectivity index (χ0v) is 14.3. The molecule has 3 rings (SSSR count). The van der Waals surface area contributed by atoms with Crippen LogP contribution in [0.25, 0.3) is 5.69 Å². The highest BCUT2D eigenvalue weighted by Crippen LogP contribution is 2.16. The van der Waals surface area contributed by atoms with Crippen molar-refractivity contribution in [2.45, 2.75) is 31.7 Å². The molecule has 1 unspecified atom stereocenters. The molecule has 7 nitrogen and oxygen atoms in total. The smallest absolute Gasteiger partial charge is 0.251 e. The molecule has 1 atom stereocenters. The van der Waals surface area contributed by atoms with Gasteiger partial charge in [-0.25, -0.2) is 4.68 Å². The van der Waals surface area contributed by atoms with Crippen LogP contribution in [0, 0.1) is 0 Å². The van der Waals surface area contributed by atoms with Crippen LogP contribution in [0.5, 0.6) is 0 Å². The van der Waals surface area contributed by atoms with E-state index in [1.165, 1.54) is 6.42 Å². The second kappa shape index (κ2) is 8.73. The van der Waals surface area contributed by atoms with Crippen LogP contribution in [-0.2, 0) is 0 Å². The van der Waals surface area contributed by atoms with Gasteiger partial charge in [0.05, 0.1) is 24.7 Å². The number of hydrogen-bond donors (Lipinski definition) is 2. The van der Waals surface area contributed by atoms with Gasteiger partial charge in [0.1, 0.15) is 0 Å². The van der Waals surface area contributed by atoms with Gasteiger partial charge in [-0.2, -0.15) is 0 Å². The third-order valence-corrected chi connectivity index (χ3v) is 4.68. The van der Waals surface area contributed by atoms with E-state index in [2.05, 4.69) is 20.5 Å². The molecule has 1 saturated heterocycles. The van der Waals surface area contributed by atoms with Crippen molar-refractivity contribution < 1.29 is 9.90 Å². The Morgan fingerprint density at radius 1 is 1.28 bits per heavy atom. The molecular formula is C18H25N5O2. The molecule has 1 aromatic heterocycles. The quantitative estimate of drug-likeness (QED) is 0.705. The van der Waals surface area contributed by atoms with Gasteiger partial charge in [0.2, 0.25) is 0 Å². The lowest BCUT2D eigenvalue weighted by Crippen LogP contribution is -2.33. The molecule has 1 aliphatic rings. The van der Waals surface area contributed by atoms with Crippen LogP contribution in [0.4, 0.5) is 0 Å². The first-order chi connectivity index (χ1) is 12.3. The number of hydrogen-bond acceptors (Lipinski definition) is 5. The summed E-state index contributed by atoms with van der Waals surface area (Å²) in [4.78, 5) is 14.5. The SMILES string of the molecule is O=C(NCCCCN1CCCC1CO)c1ccc(-n2ccnn2)cc1. The van der Waals surface area contributed by atoms with E-state index in [1.54, 1.807) is 29.2 Å². The minimum Gasteiger partial charge on any atom is -0.395 e. The highest BCUT2D eigenvalue weighted by Gasteiger charge is 2.22. The van der Waals surface area contributed by atoms with Crippen LogP contribution >= 0.6 is 0 Å². The molecule has 1 fully saturated rings. The highest BCUT2D eigenvalue weighted by atomic mass is 16.3. The number of amides is 1. The Bertz CT molecular complexity index is 657. The van der Waals surface area contributed by atoms with Gasteiger partial charge in [-0.3, -0.25) is 9.69 Å². The Kier molecular flexibility index (Phi) is 6.14. The minimum atomic E-state index is -0.0560. The Hall–Kier alpha value is -2.25. The van der Waals surface area contributed by atoms with E-state index < -0.39 is 0 Å². The van der Waals surface area contributed by atoms with Gasteiger partial charge in [0.25, 0.3) is 5.91 Å². The van der Waals surface area contributed by atoms with Crippen molar-refractivity contribution in [1.82, 2.24) is 25.2 Å². The van der Waals surface area contributed by atoms with Gasteiger partial charge in [0.15, 0.2) is 0 Å². The first kappa shape index (κ1) is 17.6. The molecule has 0 bridgehead atoms. The van der Waals surface area contributed by atoms with Gasteiger partial charge in [0, 0.05) is 18.2 Å². The van der Waals surface area contributed by atoms with E-state index in [4.69, 9.17) is 0 Å². The summed E-state index contributed by atoms with van der Waals surface area (Å²) >= 11 is 0. The zero-order chi connectivity index (χ0) is 17.5. The topological polar surface area (TPSA) is 83.3 Å². The molecule has 1 aromatic carbocycles. The molecule has 0 radical (unpaired) electrons. The lowest BCUT2D eigenvalue weighted by atomic mass is 10.2. The number of likely N-dealkylation sites (tertiary alicyclic amines) is 1. The monoisotopic (exact) mass is 343 g/mol. The molecule has 7 heteroatoms. The maximum atomic E-state index is 12.2. The maximum Gasteiger partial charge on any atom is 0.251 e. The fourth-order valence-electron chi connectivity index (χ4n) is 3.25. The second-order valence-corrected chi connectivity index (χ2v) is 6.37. The van der Waals surface area contributed by atoms with Gasteiger partial charge in [-0.05, 0) is 63.0 Å². The third kappa shape index (κ3) is 4.64. The number of aliphatic hydroxyl groups excluding tert-OH is 1. The molecule has 25 heavy (non-hydrogen) atoms. The summed E-state index contributed by atoms with van der Waals surface area (Å²) in [5, 5.41) is 20.0. The molecule has 2 N–H and O–H groups in total. The molecule has 2 aromatic rings. The van der Waals surface area contributed by atoms with Gasteiger partial charge in [-0.15, -0.1) is 5.10 Å². The van der Waals surface area contributed by atoms with E-state index >= 15 is 0 Å². The zero-order valence-electron chi connectivity index (χ0n) is 14.3. The molecule has 2 heterocycles. The Balaban J connectivity index is 1.38. The largest absolute Gasteiger partial charge is 0.395 e. The number of benzene rings is 1. The van der Waals surface area contributed by atoms with Crippen molar-refractivity contribution in [2.75, 3.05) is 26.2 Å². The van der Waals surface area contributed by atoms with Crippen molar-refractivity contribution in [3.8, 4) is 5.69 Å². The summed E-state index contributed by atoms with van der Waals surface area (Å²) in [5.41, 5.74) is 1.52. The summed E-state index contributed by atoms with van der Waals surface area (Å²) in [6, 6.07) is 7.63. The highest BCUT2D eigenvalue weighted by molar-refractivity contribution is 5.94. The standard InChI is InChI=1S/C18H25N5O2/c24-14-17-4-3-12-22(17)11-2-1-9-19-18(25)15-5-7-16(8-6-15)23-13-10-20-21-23/h5-8,10,13,17,24H,1-4,9,11-12,14H2,(H,19,25). The van der Waals surface area contributed by atoms with E-state index in [1.807, 2.05) is 12.1 Å². The van der Waals surface area contributed by atoms with Gasteiger partial charge >= 0.3 is 0 Å². The van der Waals surface area contributed by atoms with Crippen LogP contribution in [-0.4, -0.2) is 63.2 Å². The Morgan fingerprint density at radius 3 is 2.84 bits per heavy atom. The van der Waals surface area contributed by atoms with Crippen molar-refractivity contribution in [2.24, 2.45) is 0 Å². The minimum absolute atomic E-state index is 0.0560. The van der Waals surface area contributed by atoms with Crippen molar-refractivity contribution >= 4 is 5.91 Å². The van der Waals surface area contributed by atoms with Crippen LogP contribution in [0.15, 0.2) is 36.7 Å². The Labute approximate surface area is 147 Å². The van der Waals surface area contributed by atoms with E-state index in [-0.39, 0.29) is 12.5 Å². The predicted octanol–water partition coefficient (Wildman–Crippen LogP) is 1.23. The second-order valence-electron chi connectivity index (χ2n) is 6.37. The maximum absolute atomic E-state index is 12.2. The summed E-state index contributed by atoms with van der Waals surface area (Å²) < 4.78 is 1.65. The van der Waals surface area contributed by atoms with Crippen LogP contribution in [0.1, 0.15) is 36.0 Å². The van der Waals surface area contributed by atoms with Crippen molar-refractivity contribution in [1.29, 1.82) is 0 Å². The molecule has 1 amide bonds. The number of nitrogens with one attached hydrogen (secondary N) is 1. The van der Waals surface area contributed by atoms with Crippen LogP contribution < -0.4 is 5.32 Å². The lowest BCUT2D eigenvalue weighted by Gasteiger charge is -2.22. The Morgan fingerprint density at radius 2 is 2.12 bits per heavy atom. The number of rotatable bonds is 8. The first-order valence-corrected chi connectivity index (χ1v) is 8.88. The normalized spacial score (nSPS) is 17.7. The summed E-state index contributed by atoms with van der Waals surface area (Å²) in [6.45, 7) is 2.99. The molecule has 134 valence electrons. The molecule has 0 saturated carbocycles. The number of unbranched alkanes of at least 4 members (excludes halogenated alkanes) is 1.